The molecule has 8 heteroatoms. The molecule has 0 spiro atoms. The quantitative estimate of drug-likeness (QED) is 0.179. The number of para-hydroxylation sites is 2. The molecule has 0 radical (unpaired) electrons. The second-order valence-corrected chi connectivity index (χ2v) is 12.0. The molecule has 2 aromatic rings. The van der Waals surface area contributed by atoms with Crippen molar-refractivity contribution in [1.29, 1.82) is 0 Å². The Bertz CT molecular complexity index is 895. The molecule has 213 valence electrons. The van der Waals surface area contributed by atoms with Crippen molar-refractivity contribution in [2.24, 2.45) is 9.98 Å². The van der Waals surface area contributed by atoms with Crippen molar-refractivity contribution in [3.05, 3.63) is 64.0 Å². The van der Waals surface area contributed by atoms with Gasteiger partial charge in [0.1, 0.15) is 0 Å². The topological polar surface area (TPSA) is 57.3 Å². The van der Waals surface area contributed by atoms with Crippen molar-refractivity contribution >= 4 is 44.0 Å². The van der Waals surface area contributed by atoms with Gasteiger partial charge in [-0.25, -0.2) is 0 Å². The van der Waals surface area contributed by atoms with Gasteiger partial charge in [-0.1, -0.05) is 91.8 Å². The summed E-state index contributed by atoms with van der Waals surface area (Å²) >= 11 is 0.194. The summed E-state index contributed by atoms with van der Waals surface area (Å²) in [6.07, 6.45) is 2.40. The molecule has 0 aromatic heterocycles. The zero-order chi connectivity index (χ0) is 28.8. The van der Waals surface area contributed by atoms with Crippen LogP contribution in [0, 0.1) is 0 Å². The summed E-state index contributed by atoms with van der Waals surface area (Å²) in [4.78, 5) is 9.71. The monoisotopic (exact) mass is 604 g/mol. The van der Waals surface area contributed by atoms with Crippen LogP contribution in [0.1, 0.15) is 101 Å². The van der Waals surface area contributed by atoms with Crippen LogP contribution in [0.3, 0.4) is 0 Å². The number of hydrogen-bond acceptors (Lipinski definition) is 4. The van der Waals surface area contributed by atoms with Gasteiger partial charge in [0.2, 0.25) is 0 Å². The van der Waals surface area contributed by atoms with E-state index in [0.717, 1.165) is 11.4 Å². The van der Waals surface area contributed by atoms with Gasteiger partial charge in [0, 0.05) is 39.1 Å². The standard InChI is InChI=1S/C30H44N3O2.2ClH.Fe/c1-19(2)23-13-11-14-24(20(3)4)29(23)31-17-27(34-9)33-28(35-10)18-32-30-25(21(5)6)15-12-16-26(30)22(7)8;;;/h11-22,27-28H,1-10H3;2*1H;/q-1;;;+3/p-2. The van der Waals surface area contributed by atoms with Gasteiger partial charge in [-0.2, -0.15) is 0 Å². The Balaban J connectivity index is 0.00000229. The molecule has 0 aliphatic rings. The van der Waals surface area contributed by atoms with Gasteiger partial charge in [0.15, 0.2) is 0 Å². The van der Waals surface area contributed by atoms with Crippen LogP contribution in [0.25, 0.3) is 5.32 Å². The fourth-order valence-electron chi connectivity index (χ4n) is 4.06. The number of benzene rings is 2. The van der Waals surface area contributed by atoms with Crippen molar-refractivity contribution in [3.8, 4) is 0 Å². The Morgan fingerprint density at radius 2 is 0.895 bits per heavy atom. The summed E-state index contributed by atoms with van der Waals surface area (Å²) in [6, 6.07) is 12.8. The van der Waals surface area contributed by atoms with Crippen LogP contribution in [-0.4, -0.2) is 39.1 Å². The Hall–Kier alpha value is -1.24. The van der Waals surface area contributed by atoms with E-state index in [-0.39, 0.29) is 13.1 Å². The average molecular weight is 605 g/mol. The van der Waals surface area contributed by atoms with Crippen molar-refractivity contribution in [3.63, 3.8) is 0 Å². The predicted octanol–water partition coefficient (Wildman–Crippen LogP) is 9.98. The van der Waals surface area contributed by atoms with Crippen LogP contribution < -0.4 is 0 Å². The molecule has 0 fully saturated rings. The molecule has 0 amide bonds. The maximum atomic E-state index is 5.62. The summed E-state index contributed by atoms with van der Waals surface area (Å²) < 4.78 is 11.2. The number of methoxy groups -OCH3 is 2. The number of nitrogens with zero attached hydrogens (tertiary/aromatic N) is 3. The molecule has 0 saturated heterocycles. The average Bonchev–Trinajstić information content (AvgIpc) is 2.88. The van der Waals surface area contributed by atoms with Crippen molar-refractivity contribution in [1.82, 2.24) is 0 Å². The van der Waals surface area contributed by atoms with Crippen molar-refractivity contribution in [2.75, 3.05) is 14.2 Å². The number of aliphatic imine (C=N–C) groups is 2. The van der Waals surface area contributed by atoms with Gasteiger partial charge < -0.3 is 14.8 Å². The molecule has 0 aliphatic carbocycles. The molecule has 38 heavy (non-hydrogen) atoms. The first kappa shape index (κ1) is 34.8. The van der Waals surface area contributed by atoms with Gasteiger partial charge in [0.25, 0.3) is 0 Å². The van der Waals surface area contributed by atoms with Crippen LogP contribution in [0.5, 0.6) is 0 Å². The molecule has 2 atom stereocenters. The van der Waals surface area contributed by atoms with E-state index in [9.17, 15) is 0 Å². The number of halogens is 2. The molecule has 2 unspecified atom stereocenters. The third-order valence-corrected chi connectivity index (χ3v) is 6.12. The van der Waals surface area contributed by atoms with E-state index in [2.05, 4.69) is 91.8 Å². The van der Waals surface area contributed by atoms with E-state index in [0.29, 0.717) is 23.7 Å². The van der Waals surface area contributed by atoms with Crippen LogP contribution in [0.15, 0.2) is 46.4 Å². The predicted molar refractivity (Wildman–Crippen MR) is 162 cm³/mol. The molecular weight excluding hydrogens is 561 g/mol. The SMILES string of the molecule is COC(C=Nc1c(C(C)C)cccc1C(C)C)[N-]C(C=Nc1c(C(C)C)cccc1C(C)C)OC.[Cl][Fe+][Cl]. The number of hydrogen-bond donors (Lipinski definition) is 0. The van der Waals surface area contributed by atoms with Gasteiger partial charge >= 0.3 is 33.3 Å². The Morgan fingerprint density at radius 3 is 1.11 bits per heavy atom. The van der Waals surface area contributed by atoms with E-state index < -0.39 is 12.5 Å². The van der Waals surface area contributed by atoms with Gasteiger partial charge in [-0.05, 0) is 45.9 Å². The van der Waals surface area contributed by atoms with Crippen molar-refractivity contribution in [2.45, 2.75) is 91.5 Å². The zero-order valence-electron chi connectivity index (χ0n) is 24.4. The van der Waals surface area contributed by atoms with E-state index in [4.69, 9.17) is 45.0 Å². The molecular formula is C30H44Cl2FeN3O2. The van der Waals surface area contributed by atoms with E-state index in [1.807, 2.05) is 0 Å². The first-order valence-corrected chi connectivity index (χ1v) is 16.0. The Morgan fingerprint density at radius 1 is 0.632 bits per heavy atom. The normalized spacial score (nSPS) is 13.7. The van der Waals surface area contributed by atoms with Crippen LogP contribution in [0.2, 0.25) is 0 Å². The number of ether oxygens (including phenoxy) is 2. The minimum absolute atomic E-state index is 0.194. The summed E-state index contributed by atoms with van der Waals surface area (Å²) in [5.74, 6) is 1.48. The fraction of sp³-hybridized carbons (Fsp3) is 0.533. The summed E-state index contributed by atoms with van der Waals surface area (Å²) in [5.41, 5.74) is 6.89. The van der Waals surface area contributed by atoms with Crippen LogP contribution in [0.4, 0.5) is 11.4 Å². The Labute approximate surface area is 245 Å². The third-order valence-electron chi connectivity index (χ3n) is 6.12. The first-order chi connectivity index (χ1) is 18.0. The Kier molecular flexibility index (Phi) is 16.6. The molecule has 2 rings (SSSR count). The molecule has 0 N–H and O–H groups in total. The molecule has 0 saturated carbocycles. The van der Waals surface area contributed by atoms with Gasteiger partial charge in [0.05, 0.1) is 11.4 Å². The van der Waals surface area contributed by atoms with Gasteiger partial charge in [-0.15, -0.1) is 0 Å². The molecule has 5 nitrogen and oxygen atoms in total. The molecule has 0 bridgehead atoms. The first-order valence-electron chi connectivity index (χ1n) is 13.0. The summed E-state index contributed by atoms with van der Waals surface area (Å²) in [5, 5.41) is 4.70. The minimum atomic E-state index is -0.559. The van der Waals surface area contributed by atoms with Crippen LogP contribution >= 0.6 is 20.2 Å². The van der Waals surface area contributed by atoms with Crippen molar-refractivity contribution < 1.29 is 22.6 Å². The molecule has 0 aliphatic heterocycles. The second-order valence-electron chi connectivity index (χ2n) is 10.2. The van der Waals surface area contributed by atoms with E-state index in [1.165, 1.54) is 22.3 Å². The molecule has 2 aromatic carbocycles. The maximum absolute atomic E-state index is 5.62. The zero-order valence-corrected chi connectivity index (χ0v) is 27.0. The second kappa shape index (κ2) is 18.2. The van der Waals surface area contributed by atoms with Gasteiger partial charge in [-0.3, -0.25) is 9.98 Å². The summed E-state index contributed by atoms with van der Waals surface area (Å²) in [6.45, 7) is 17.5. The van der Waals surface area contributed by atoms with E-state index in [1.54, 1.807) is 26.6 Å². The molecule has 0 heterocycles. The van der Waals surface area contributed by atoms with Crippen LogP contribution in [-0.2, 0) is 22.6 Å². The summed E-state index contributed by atoms with van der Waals surface area (Å²) in [7, 11) is 12.8. The fourth-order valence-corrected chi connectivity index (χ4v) is 4.06. The third kappa shape index (κ3) is 10.7. The number of rotatable bonds is 12. The van der Waals surface area contributed by atoms with E-state index >= 15 is 0 Å².